The summed E-state index contributed by atoms with van der Waals surface area (Å²) in [4.78, 5) is 28.5. The first-order valence-electron chi connectivity index (χ1n) is 23.9. The molecule has 4 atom stereocenters. The van der Waals surface area contributed by atoms with Gasteiger partial charge in [-0.15, -0.1) is 0 Å². The van der Waals surface area contributed by atoms with Gasteiger partial charge in [-0.2, -0.15) is 35.0 Å². The maximum absolute atomic E-state index is 15.4. The van der Waals surface area contributed by atoms with E-state index in [0.29, 0.717) is 24.3 Å². The molecule has 0 spiro atoms. The number of rotatable bonds is 12. The van der Waals surface area contributed by atoms with E-state index in [9.17, 15) is 61.5 Å². The molecule has 0 aliphatic carbocycles. The number of carbonyl (C=O) groups is 2. The largest absolute Gasteiger partial charge is 0.495 e. The van der Waals surface area contributed by atoms with E-state index >= 15 is 8.78 Å². The number of nitrogens with zero attached hydrogens (tertiary/aromatic N) is 6. The number of halogens is 10. The molecule has 6 aromatic rings. The number of hydrogen-bond acceptors (Lipinski definition) is 14. The van der Waals surface area contributed by atoms with Crippen LogP contribution in [0.2, 0.25) is 0 Å². The Hall–Kier alpha value is -7.12. The average Bonchev–Trinajstić information content (AvgIpc) is 4.17. The minimum atomic E-state index is -4.86. The summed E-state index contributed by atoms with van der Waals surface area (Å²) in [5, 5.41) is 7.25. The van der Waals surface area contributed by atoms with Crippen LogP contribution < -0.4 is 19.3 Å². The number of piperidine rings is 2. The molecular formula is C50H44F10N6O12S2. The molecule has 80 heavy (non-hydrogen) atoms. The van der Waals surface area contributed by atoms with Gasteiger partial charge in [0.25, 0.3) is 11.8 Å². The predicted molar refractivity (Wildman–Crippen MR) is 259 cm³/mol. The molecule has 10 rings (SSSR count). The molecule has 2 aromatic heterocycles. The van der Waals surface area contributed by atoms with Gasteiger partial charge < -0.3 is 37.8 Å². The number of benzene rings is 4. The Morgan fingerprint density at radius 1 is 0.575 bits per heavy atom. The lowest BCUT2D eigenvalue weighted by Crippen LogP contribution is -2.62. The van der Waals surface area contributed by atoms with E-state index in [1.165, 1.54) is 57.3 Å². The van der Waals surface area contributed by atoms with Crippen molar-refractivity contribution in [1.29, 1.82) is 0 Å². The lowest BCUT2D eigenvalue weighted by atomic mass is 9.97. The molecule has 0 radical (unpaired) electrons. The van der Waals surface area contributed by atoms with Gasteiger partial charge in [-0.05, 0) is 72.5 Å². The summed E-state index contributed by atoms with van der Waals surface area (Å²) >= 11 is 0. The van der Waals surface area contributed by atoms with Gasteiger partial charge in [-0.3, -0.25) is 9.59 Å². The molecule has 0 bridgehead atoms. The van der Waals surface area contributed by atoms with Crippen molar-refractivity contribution in [3.8, 4) is 33.8 Å². The van der Waals surface area contributed by atoms with Crippen LogP contribution in [0, 0.1) is 23.3 Å². The van der Waals surface area contributed by atoms with Crippen molar-refractivity contribution in [2.45, 2.75) is 61.0 Å². The highest BCUT2D eigenvalue weighted by Crippen LogP contribution is 2.44. The van der Waals surface area contributed by atoms with Gasteiger partial charge in [0.15, 0.2) is 0 Å². The van der Waals surface area contributed by atoms with Gasteiger partial charge in [-0.25, -0.2) is 34.4 Å². The standard InChI is InChI=1S/2C25H22F5N3O6S/c2*1-37-22-9-18(14-6-15(25(28,29)30)8-16(26)7-14)19(27)10-21(22)33-20-2-4-32(11-23(20)38-12-24(33)34)40(35,36)13-17-3-5-39-31-17/h2*3,5-10,20,23H,2,4,11-13H2,1H3/t2*20-,23-/m10/s1. The zero-order chi connectivity index (χ0) is 57.6. The normalized spacial score (nSPS) is 20.4. The molecule has 30 heteroatoms. The predicted octanol–water partition coefficient (Wildman–Crippen LogP) is 7.97. The van der Waals surface area contributed by atoms with Crippen molar-refractivity contribution in [2.75, 3.05) is 63.4 Å². The first kappa shape index (κ1) is 57.6. The molecule has 4 aromatic carbocycles. The Kier molecular flexibility index (Phi) is 16.1. The number of sulfonamides is 2. The second-order valence-corrected chi connectivity index (χ2v) is 22.5. The highest BCUT2D eigenvalue weighted by atomic mass is 32.2. The molecule has 6 heterocycles. The molecule has 0 unspecified atom stereocenters. The molecule has 0 saturated carbocycles. The minimum absolute atomic E-state index is 0.0154. The van der Waals surface area contributed by atoms with Crippen LogP contribution in [0.3, 0.4) is 0 Å². The first-order valence-corrected chi connectivity index (χ1v) is 27.1. The highest BCUT2D eigenvalue weighted by Gasteiger charge is 2.47. The fourth-order valence-electron chi connectivity index (χ4n) is 9.90. The second kappa shape index (κ2) is 22.4. The van der Waals surface area contributed by atoms with Crippen LogP contribution in [-0.2, 0) is 63.0 Å². The third-order valence-electron chi connectivity index (χ3n) is 13.6. The van der Waals surface area contributed by atoms with Crippen molar-refractivity contribution in [1.82, 2.24) is 18.9 Å². The van der Waals surface area contributed by atoms with Crippen molar-refractivity contribution in [3.63, 3.8) is 0 Å². The fourth-order valence-corrected chi connectivity index (χ4v) is 12.8. The lowest BCUT2D eigenvalue weighted by molar-refractivity contribution is -0.138. The summed E-state index contributed by atoms with van der Waals surface area (Å²) in [7, 11) is -5.13. The van der Waals surface area contributed by atoms with Gasteiger partial charge in [0, 0.05) is 61.6 Å². The SMILES string of the molecule is COc1cc(-c2cc(F)cc(C(F)(F)F)c2)c(F)cc1N1C(=O)CO[C@@H]2CN(S(=O)(=O)Cc3ccon3)CC[C@H]21.COc1cc(-c2cc(F)cc(C(F)(F)F)c2)c(F)cc1N1C(=O)CO[C@H]2CN(S(=O)(=O)Cc3ccon3)CC[C@@H]21. The molecule has 4 aliphatic rings. The Balaban J connectivity index is 0.000000194. The molecule has 0 N–H and O–H groups in total. The Labute approximate surface area is 448 Å². The summed E-state index contributed by atoms with van der Waals surface area (Å²) in [6.45, 7) is -0.961. The summed E-state index contributed by atoms with van der Waals surface area (Å²) < 4.78 is 224. The van der Waals surface area contributed by atoms with Crippen molar-refractivity contribution in [2.24, 2.45) is 0 Å². The number of ether oxygens (including phenoxy) is 4. The molecule has 2 amide bonds. The molecule has 4 saturated heterocycles. The molecule has 18 nitrogen and oxygen atoms in total. The Morgan fingerprint density at radius 2 is 0.963 bits per heavy atom. The van der Waals surface area contributed by atoms with E-state index < -0.39 is 116 Å². The number of amides is 2. The number of anilines is 2. The lowest BCUT2D eigenvalue weighted by Gasteiger charge is -2.46. The first-order chi connectivity index (χ1) is 37.7. The monoisotopic (exact) mass is 1170 g/mol. The minimum Gasteiger partial charge on any atom is -0.495 e. The smallest absolute Gasteiger partial charge is 0.416 e. The fraction of sp³-hybridized carbons (Fsp3) is 0.360. The quantitative estimate of drug-likeness (QED) is 0.107. The van der Waals surface area contributed by atoms with Crippen LogP contribution in [0.4, 0.5) is 55.3 Å². The summed E-state index contributed by atoms with van der Waals surface area (Å²) in [6, 6.07) is 8.89. The average molecular weight is 1180 g/mol. The van der Waals surface area contributed by atoms with Crippen molar-refractivity contribution < 1.29 is 98.3 Å². The Morgan fingerprint density at radius 3 is 1.30 bits per heavy atom. The topological polar surface area (TPSA) is 204 Å². The number of carbonyl (C=O) groups excluding carboxylic acids is 2. The zero-order valence-electron chi connectivity index (χ0n) is 41.6. The number of alkyl halides is 6. The van der Waals surface area contributed by atoms with E-state index in [1.807, 2.05) is 0 Å². The number of fused-ring (bicyclic) bond motifs is 2. The number of morpholine rings is 2. The number of methoxy groups -OCH3 is 2. The van der Waals surface area contributed by atoms with Crippen LogP contribution in [-0.4, -0.2) is 125 Å². The molecular weight excluding hydrogens is 1130 g/mol. The summed E-state index contributed by atoms with van der Waals surface area (Å²) in [5.74, 6) is -6.41. The van der Waals surface area contributed by atoms with E-state index in [2.05, 4.69) is 10.3 Å². The summed E-state index contributed by atoms with van der Waals surface area (Å²) in [5.41, 5.74) is -3.63. The second-order valence-electron chi connectivity index (χ2n) is 18.6. The molecule has 4 fully saturated rings. The van der Waals surface area contributed by atoms with E-state index in [0.717, 1.165) is 36.4 Å². The van der Waals surface area contributed by atoms with Gasteiger partial charge in [0.1, 0.15) is 72.0 Å². The van der Waals surface area contributed by atoms with Crippen LogP contribution in [0.15, 0.2) is 94.4 Å². The maximum Gasteiger partial charge on any atom is 0.416 e. The van der Waals surface area contributed by atoms with Gasteiger partial charge >= 0.3 is 12.4 Å². The maximum atomic E-state index is 15.4. The van der Waals surface area contributed by atoms with Crippen molar-refractivity contribution in [3.05, 3.63) is 131 Å². The van der Waals surface area contributed by atoms with Gasteiger partial charge in [-0.1, -0.05) is 10.3 Å². The van der Waals surface area contributed by atoms with E-state index in [4.69, 9.17) is 28.0 Å². The highest BCUT2D eigenvalue weighted by molar-refractivity contribution is 7.88. The Bertz CT molecular complexity index is 3290. The molecule has 428 valence electrons. The third-order valence-corrected chi connectivity index (χ3v) is 17.1. The number of hydrogen-bond donors (Lipinski definition) is 0. The third kappa shape index (κ3) is 12.1. The van der Waals surface area contributed by atoms with E-state index in [1.54, 1.807) is 0 Å². The van der Waals surface area contributed by atoms with Crippen LogP contribution in [0.25, 0.3) is 22.3 Å². The van der Waals surface area contributed by atoms with Crippen LogP contribution in [0.1, 0.15) is 35.4 Å². The van der Waals surface area contributed by atoms with Gasteiger partial charge in [0.2, 0.25) is 20.0 Å². The van der Waals surface area contributed by atoms with Crippen molar-refractivity contribution >= 4 is 43.2 Å². The van der Waals surface area contributed by atoms with E-state index in [-0.39, 0.29) is 107 Å². The number of aromatic nitrogens is 2. The zero-order valence-corrected chi connectivity index (χ0v) is 43.3. The summed E-state index contributed by atoms with van der Waals surface area (Å²) in [6.07, 6.45) is -8.45. The van der Waals surface area contributed by atoms with Gasteiger partial charge in [0.05, 0.1) is 72.4 Å². The van der Waals surface area contributed by atoms with Crippen LogP contribution >= 0.6 is 0 Å². The molecule has 4 aliphatic heterocycles. The van der Waals surface area contributed by atoms with Crippen LogP contribution in [0.5, 0.6) is 11.5 Å².